The van der Waals surface area contributed by atoms with Gasteiger partial charge in [0.15, 0.2) is 16.0 Å². The van der Waals surface area contributed by atoms with Crippen LogP contribution in [-0.2, 0) is 0 Å². The normalized spacial score (nSPS) is 10.3. The van der Waals surface area contributed by atoms with E-state index in [2.05, 4.69) is 21.2 Å². The molecule has 0 radical (unpaired) electrons. The van der Waals surface area contributed by atoms with Crippen LogP contribution < -0.4 is 21.9 Å². The summed E-state index contributed by atoms with van der Waals surface area (Å²) in [5.41, 5.74) is 10.7. The maximum atomic E-state index is 12.1. The number of aromatic nitrogens is 1. The van der Waals surface area contributed by atoms with E-state index in [1.807, 2.05) is 0 Å². The average Bonchev–Trinajstić information content (AvgIpc) is 2.57. The monoisotopic (exact) mass is 457 g/mol. The number of hydrazine groups is 1. The van der Waals surface area contributed by atoms with Gasteiger partial charge in [0.1, 0.15) is 5.02 Å². The van der Waals surface area contributed by atoms with E-state index in [0.717, 1.165) is 0 Å². The molecule has 1 aromatic heterocycles. The summed E-state index contributed by atoms with van der Waals surface area (Å²) < 4.78 is 0. The molecule has 0 spiro atoms. The van der Waals surface area contributed by atoms with Crippen LogP contribution in [0.5, 0.6) is 0 Å². The highest BCUT2D eigenvalue weighted by Gasteiger charge is 2.19. The van der Waals surface area contributed by atoms with Gasteiger partial charge in [0, 0.05) is 5.69 Å². The topological polar surface area (TPSA) is 92.1 Å². The molecular weight excluding hydrogens is 452 g/mol. The van der Waals surface area contributed by atoms with Crippen molar-refractivity contribution in [3.8, 4) is 0 Å². The molecule has 0 aliphatic rings. The second kappa shape index (κ2) is 8.44. The molecule has 0 aliphatic carbocycles. The van der Waals surface area contributed by atoms with Gasteiger partial charge in [0.25, 0.3) is 5.91 Å². The number of nitrogens with zero attached hydrogens (tertiary/aromatic N) is 1. The summed E-state index contributed by atoms with van der Waals surface area (Å²) >= 11 is 34.3. The summed E-state index contributed by atoms with van der Waals surface area (Å²) in [6, 6.07) is 4.81. The second-order valence-electron chi connectivity index (χ2n) is 4.45. The number of nitrogens with two attached hydrogens (primary N) is 1. The molecule has 12 heteroatoms. The van der Waals surface area contributed by atoms with Crippen molar-refractivity contribution in [2.24, 2.45) is 0 Å². The zero-order valence-corrected chi connectivity index (χ0v) is 16.6. The van der Waals surface area contributed by atoms with Gasteiger partial charge in [0.2, 0.25) is 0 Å². The summed E-state index contributed by atoms with van der Waals surface area (Å²) in [6.45, 7) is 0. The Morgan fingerprint density at radius 1 is 1.04 bits per heavy atom. The van der Waals surface area contributed by atoms with Gasteiger partial charge < -0.3 is 11.1 Å². The number of carbonyl (C=O) groups excluding carboxylic acids is 1. The van der Waals surface area contributed by atoms with E-state index in [4.69, 9.17) is 76.0 Å². The smallest absolute Gasteiger partial charge is 0.289 e. The summed E-state index contributed by atoms with van der Waals surface area (Å²) in [5.74, 6) is -0.714. The van der Waals surface area contributed by atoms with E-state index >= 15 is 0 Å². The number of anilines is 2. The highest BCUT2D eigenvalue weighted by molar-refractivity contribution is 7.80. The lowest BCUT2D eigenvalue weighted by molar-refractivity contribution is 0.0939. The van der Waals surface area contributed by atoms with Crippen molar-refractivity contribution in [2.75, 3.05) is 11.1 Å². The lowest BCUT2D eigenvalue weighted by Crippen LogP contribution is -2.44. The van der Waals surface area contributed by atoms with Gasteiger partial charge in [0.05, 0.1) is 20.8 Å². The number of rotatable bonds is 2. The molecule has 0 unspecified atom stereocenters. The Morgan fingerprint density at radius 3 is 2.36 bits per heavy atom. The van der Waals surface area contributed by atoms with Crippen LogP contribution in [0.25, 0.3) is 0 Å². The molecule has 5 N–H and O–H groups in total. The molecule has 132 valence electrons. The van der Waals surface area contributed by atoms with E-state index in [9.17, 15) is 4.79 Å². The van der Waals surface area contributed by atoms with Crippen LogP contribution >= 0.6 is 70.2 Å². The van der Waals surface area contributed by atoms with Crippen LogP contribution in [0.3, 0.4) is 0 Å². The number of carbonyl (C=O) groups is 1. The summed E-state index contributed by atoms with van der Waals surface area (Å²) in [4.78, 5) is 15.9. The number of thiocarbonyl (C=S) groups is 1. The third-order valence-corrected chi connectivity index (χ3v) is 4.83. The van der Waals surface area contributed by atoms with Crippen molar-refractivity contribution in [1.82, 2.24) is 15.8 Å². The van der Waals surface area contributed by atoms with Gasteiger partial charge in [-0.25, -0.2) is 4.98 Å². The molecule has 1 heterocycles. The number of benzene rings is 1. The molecular formula is C13H8Cl5N5OS. The largest absolute Gasteiger partial charge is 0.396 e. The average molecular weight is 460 g/mol. The first-order valence-electron chi connectivity index (χ1n) is 6.33. The molecule has 0 saturated heterocycles. The van der Waals surface area contributed by atoms with Gasteiger partial charge in [-0.1, -0.05) is 58.0 Å². The van der Waals surface area contributed by atoms with Crippen LogP contribution in [-0.4, -0.2) is 16.0 Å². The first-order chi connectivity index (χ1) is 11.7. The minimum atomic E-state index is -0.714. The molecule has 1 aromatic carbocycles. The SMILES string of the molecule is Nc1c(Cl)c(Cl)nc(C(=O)NNC(=S)Nc2ccc(Cl)c(Cl)c2)c1Cl. The van der Waals surface area contributed by atoms with Crippen LogP contribution in [0.2, 0.25) is 25.2 Å². The maximum Gasteiger partial charge on any atom is 0.289 e. The fourth-order valence-corrected chi connectivity index (χ4v) is 2.65. The summed E-state index contributed by atoms with van der Waals surface area (Å²) in [6.07, 6.45) is 0. The predicted molar refractivity (Wildman–Crippen MR) is 107 cm³/mol. The first-order valence-corrected chi connectivity index (χ1v) is 8.63. The Morgan fingerprint density at radius 2 is 1.72 bits per heavy atom. The highest BCUT2D eigenvalue weighted by Crippen LogP contribution is 2.34. The molecule has 0 bridgehead atoms. The van der Waals surface area contributed by atoms with Gasteiger partial charge >= 0.3 is 0 Å². The number of pyridine rings is 1. The molecule has 2 aromatic rings. The Bertz CT molecular complexity index is 863. The highest BCUT2D eigenvalue weighted by atomic mass is 35.5. The lowest BCUT2D eigenvalue weighted by Gasteiger charge is -2.13. The molecule has 1 amide bonds. The number of hydrogen-bond acceptors (Lipinski definition) is 4. The fraction of sp³-hybridized carbons (Fsp3) is 0. The Kier molecular flexibility index (Phi) is 6.79. The predicted octanol–water partition coefficient (Wildman–Crippen LogP) is 4.56. The molecule has 6 nitrogen and oxygen atoms in total. The van der Waals surface area contributed by atoms with Crippen molar-refractivity contribution in [2.45, 2.75) is 0 Å². The van der Waals surface area contributed by atoms with Crippen LogP contribution in [0.4, 0.5) is 11.4 Å². The zero-order chi connectivity index (χ0) is 18.7. The second-order valence-corrected chi connectivity index (χ2v) is 6.79. The Labute approximate surface area is 172 Å². The van der Waals surface area contributed by atoms with Gasteiger partial charge in [-0.3, -0.25) is 15.6 Å². The number of amides is 1. The van der Waals surface area contributed by atoms with Gasteiger partial charge in [-0.2, -0.15) is 0 Å². The minimum Gasteiger partial charge on any atom is -0.396 e. The van der Waals surface area contributed by atoms with Crippen molar-refractivity contribution in [3.05, 3.63) is 49.1 Å². The van der Waals surface area contributed by atoms with Crippen molar-refractivity contribution in [1.29, 1.82) is 0 Å². The van der Waals surface area contributed by atoms with Crippen LogP contribution in [0.1, 0.15) is 10.5 Å². The van der Waals surface area contributed by atoms with E-state index in [1.165, 1.54) is 0 Å². The Hall–Kier alpha value is -1.22. The Balaban J connectivity index is 2.02. The lowest BCUT2D eigenvalue weighted by atomic mass is 10.3. The summed E-state index contributed by atoms with van der Waals surface area (Å²) in [7, 11) is 0. The minimum absolute atomic E-state index is 0.0343. The van der Waals surface area contributed by atoms with Crippen molar-refractivity contribution < 1.29 is 4.79 Å². The first kappa shape index (κ1) is 20.1. The van der Waals surface area contributed by atoms with E-state index < -0.39 is 5.91 Å². The van der Waals surface area contributed by atoms with E-state index in [1.54, 1.807) is 18.2 Å². The quantitative estimate of drug-likeness (QED) is 0.299. The van der Waals surface area contributed by atoms with E-state index in [0.29, 0.717) is 15.7 Å². The zero-order valence-electron chi connectivity index (χ0n) is 12.0. The van der Waals surface area contributed by atoms with Gasteiger partial charge in [-0.15, -0.1) is 0 Å². The summed E-state index contributed by atoms with van der Waals surface area (Å²) in [5, 5.41) is 3.32. The third-order valence-electron chi connectivity index (χ3n) is 2.75. The van der Waals surface area contributed by atoms with Crippen LogP contribution in [0.15, 0.2) is 18.2 Å². The number of nitrogen functional groups attached to an aromatic ring is 1. The molecule has 0 atom stereocenters. The third kappa shape index (κ3) is 4.91. The molecule has 0 aliphatic heterocycles. The van der Waals surface area contributed by atoms with E-state index in [-0.39, 0.29) is 31.7 Å². The maximum absolute atomic E-state index is 12.1. The standard InChI is InChI=1S/C13H8Cl5N5OS/c14-5-2-1-4(3-6(5)15)20-13(25)23-22-12(24)10-7(16)9(19)8(17)11(18)21-10/h1-3H,(H2,19,21)(H,22,24)(H2,20,23,25). The van der Waals surface area contributed by atoms with Crippen LogP contribution in [0, 0.1) is 0 Å². The van der Waals surface area contributed by atoms with Gasteiger partial charge in [-0.05, 0) is 30.4 Å². The molecule has 2 rings (SSSR count). The molecule has 0 fully saturated rings. The fourth-order valence-electron chi connectivity index (χ4n) is 1.59. The number of nitrogens with one attached hydrogen (secondary N) is 3. The number of halogens is 5. The number of hydrogen-bond donors (Lipinski definition) is 4. The molecule has 25 heavy (non-hydrogen) atoms. The van der Waals surface area contributed by atoms with Crippen molar-refractivity contribution >= 4 is 92.6 Å². The molecule has 0 saturated carbocycles. The van der Waals surface area contributed by atoms with Crippen molar-refractivity contribution in [3.63, 3.8) is 0 Å².